The molecule has 24 heavy (non-hydrogen) atoms. The molecule has 0 saturated carbocycles. The minimum Gasteiger partial charge on any atom is -0.480 e. The highest BCUT2D eigenvalue weighted by molar-refractivity contribution is 7.92. The second-order valence-electron chi connectivity index (χ2n) is 6.49. The molecule has 1 unspecified atom stereocenters. The Labute approximate surface area is 141 Å². The van der Waals surface area contributed by atoms with Crippen LogP contribution in [0, 0.1) is 5.92 Å². The summed E-state index contributed by atoms with van der Waals surface area (Å²) in [6.07, 6.45) is 1.66. The van der Waals surface area contributed by atoms with Crippen LogP contribution >= 0.6 is 0 Å². The van der Waals surface area contributed by atoms with E-state index >= 15 is 0 Å². The zero-order chi connectivity index (χ0) is 18.2. The molecule has 0 spiro atoms. The number of benzene rings is 1. The van der Waals surface area contributed by atoms with E-state index in [-0.39, 0.29) is 12.0 Å². The third-order valence-corrected chi connectivity index (χ3v) is 5.34. The van der Waals surface area contributed by atoms with E-state index in [4.69, 9.17) is 5.11 Å². The average molecular weight is 354 g/mol. The van der Waals surface area contributed by atoms with Crippen LogP contribution < -0.4 is 9.62 Å². The minimum atomic E-state index is -3.38. The molecule has 1 aliphatic rings. The summed E-state index contributed by atoms with van der Waals surface area (Å²) in [4.78, 5) is 23.5. The first kappa shape index (κ1) is 18.3. The van der Waals surface area contributed by atoms with E-state index in [2.05, 4.69) is 5.32 Å². The van der Waals surface area contributed by atoms with Crippen molar-refractivity contribution in [2.45, 2.75) is 39.3 Å². The zero-order valence-electron chi connectivity index (χ0n) is 14.1. The van der Waals surface area contributed by atoms with Crippen LogP contribution in [0.3, 0.4) is 0 Å². The Kier molecular flexibility index (Phi) is 4.89. The van der Waals surface area contributed by atoms with Crippen molar-refractivity contribution in [3.05, 3.63) is 29.3 Å². The number of nitrogens with one attached hydrogen (secondary N) is 1. The molecule has 1 aliphatic heterocycles. The monoisotopic (exact) mass is 354 g/mol. The number of fused-ring (bicyclic) bond motifs is 1. The Morgan fingerprint density at radius 1 is 1.33 bits per heavy atom. The Morgan fingerprint density at radius 2 is 1.96 bits per heavy atom. The number of hydrogen-bond acceptors (Lipinski definition) is 4. The molecule has 132 valence electrons. The van der Waals surface area contributed by atoms with Crippen LogP contribution in [0.2, 0.25) is 0 Å². The quantitative estimate of drug-likeness (QED) is 0.828. The molecule has 0 fully saturated rings. The number of carboxylic acids is 1. The normalized spacial score (nSPS) is 18.4. The Morgan fingerprint density at radius 3 is 2.46 bits per heavy atom. The number of carboxylic acid groups (broad SMARTS) is 1. The van der Waals surface area contributed by atoms with Crippen molar-refractivity contribution in [1.82, 2.24) is 5.32 Å². The first-order valence-corrected chi connectivity index (χ1v) is 9.53. The van der Waals surface area contributed by atoms with E-state index in [1.807, 2.05) is 0 Å². The first-order valence-electron chi connectivity index (χ1n) is 7.68. The number of hydrogen-bond donors (Lipinski definition) is 2. The molecule has 0 bridgehead atoms. The van der Waals surface area contributed by atoms with E-state index < -0.39 is 27.9 Å². The molecule has 7 nitrogen and oxygen atoms in total. The topological polar surface area (TPSA) is 104 Å². The summed E-state index contributed by atoms with van der Waals surface area (Å²) in [6, 6.07) is 3.56. The van der Waals surface area contributed by atoms with Gasteiger partial charge in [0, 0.05) is 11.6 Å². The maximum atomic E-state index is 12.3. The molecule has 1 amide bonds. The molecule has 1 heterocycles. The molecule has 2 rings (SSSR count). The fraction of sp³-hybridized carbons (Fsp3) is 0.500. The van der Waals surface area contributed by atoms with Crippen LogP contribution in [0.25, 0.3) is 0 Å². The van der Waals surface area contributed by atoms with Gasteiger partial charge in [-0.1, -0.05) is 13.8 Å². The van der Waals surface area contributed by atoms with Gasteiger partial charge in [-0.25, -0.2) is 13.2 Å². The minimum absolute atomic E-state index is 0.212. The molecule has 0 radical (unpaired) electrons. The van der Waals surface area contributed by atoms with Crippen LogP contribution in [0.15, 0.2) is 18.2 Å². The Hall–Kier alpha value is -2.09. The van der Waals surface area contributed by atoms with Gasteiger partial charge in [-0.05, 0) is 43.0 Å². The van der Waals surface area contributed by atoms with Gasteiger partial charge < -0.3 is 10.4 Å². The molecular weight excluding hydrogens is 332 g/mol. The summed E-state index contributed by atoms with van der Waals surface area (Å²) >= 11 is 0. The van der Waals surface area contributed by atoms with Gasteiger partial charge in [0.15, 0.2) is 0 Å². The zero-order valence-corrected chi connectivity index (χ0v) is 14.9. The van der Waals surface area contributed by atoms with Gasteiger partial charge in [-0.3, -0.25) is 9.10 Å². The summed E-state index contributed by atoms with van der Waals surface area (Å²) in [5.41, 5.74) is 1.65. The van der Waals surface area contributed by atoms with Crippen molar-refractivity contribution < 1.29 is 23.1 Å². The largest absolute Gasteiger partial charge is 0.480 e. The fourth-order valence-corrected chi connectivity index (χ4v) is 4.25. The molecule has 2 N–H and O–H groups in total. The fourth-order valence-electron chi connectivity index (χ4n) is 2.99. The SMILES string of the molecule is CC(C)[C@H](NC(=O)c1ccc2c(c1)CC(C)N2S(C)(=O)=O)C(=O)O. The van der Waals surface area contributed by atoms with Gasteiger partial charge in [-0.15, -0.1) is 0 Å². The van der Waals surface area contributed by atoms with Gasteiger partial charge in [0.2, 0.25) is 10.0 Å². The van der Waals surface area contributed by atoms with E-state index in [0.29, 0.717) is 17.7 Å². The lowest BCUT2D eigenvalue weighted by Crippen LogP contribution is -2.44. The van der Waals surface area contributed by atoms with E-state index in [9.17, 15) is 18.0 Å². The van der Waals surface area contributed by atoms with Crippen molar-refractivity contribution in [2.24, 2.45) is 5.92 Å². The lowest BCUT2D eigenvalue weighted by molar-refractivity contribution is -0.140. The van der Waals surface area contributed by atoms with Crippen LogP contribution in [0.4, 0.5) is 5.69 Å². The van der Waals surface area contributed by atoms with Crippen LogP contribution in [-0.4, -0.2) is 43.7 Å². The molecule has 8 heteroatoms. The molecule has 1 aromatic rings. The summed E-state index contributed by atoms with van der Waals surface area (Å²) in [6.45, 7) is 5.24. The Bertz CT molecular complexity index is 773. The highest BCUT2D eigenvalue weighted by atomic mass is 32.2. The third kappa shape index (κ3) is 3.53. The highest BCUT2D eigenvalue weighted by Crippen LogP contribution is 2.34. The number of aliphatic carboxylic acids is 1. The van der Waals surface area contributed by atoms with E-state index in [1.165, 1.54) is 10.4 Å². The first-order chi connectivity index (χ1) is 11.0. The second-order valence-corrected chi connectivity index (χ2v) is 8.35. The smallest absolute Gasteiger partial charge is 0.326 e. The van der Waals surface area contributed by atoms with Crippen molar-refractivity contribution >= 4 is 27.6 Å². The van der Waals surface area contributed by atoms with Crippen molar-refractivity contribution in [3.63, 3.8) is 0 Å². The standard InChI is InChI=1S/C16H22N2O5S/c1-9(2)14(16(20)21)17-15(19)11-5-6-13-12(8-11)7-10(3)18(13)24(4,22)23/h5-6,8-10,14H,7H2,1-4H3,(H,17,19)(H,20,21)/t10?,14-/m0/s1. The summed E-state index contributed by atoms with van der Waals surface area (Å²) < 4.78 is 25.1. The number of rotatable bonds is 5. The van der Waals surface area contributed by atoms with Crippen LogP contribution in [0.5, 0.6) is 0 Å². The molecule has 0 saturated heterocycles. The number of anilines is 1. The van der Waals surface area contributed by atoms with Gasteiger partial charge in [0.25, 0.3) is 5.91 Å². The van der Waals surface area contributed by atoms with Crippen molar-refractivity contribution in [1.29, 1.82) is 0 Å². The molecular formula is C16H22N2O5S. The van der Waals surface area contributed by atoms with Crippen molar-refractivity contribution in [3.8, 4) is 0 Å². The number of amides is 1. The second kappa shape index (κ2) is 6.43. The maximum absolute atomic E-state index is 12.3. The van der Waals surface area contributed by atoms with Crippen LogP contribution in [0.1, 0.15) is 36.7 Å². The number of carbonyl (C=O) groups excluding carboxylic acids is 1. The molecule has 1 aromatic carbocycles. The summed E-state index contributed by atoms with van der Waals surface area (Å²) in [5, 5.41) is 11.7. The highest BCUT2D eigenvalue weighted by Gasteiger charge is 2.33. The average Bonchev–Trinajstić information content (AvgIpc) is 2.78. The van der Waals surface area contributed by atoms with Gasteiger partial charge in [0.05, 0.1) is 11.9 Å². The predicted octanol–water partition coefficient (Wildman–Crippen LogP) is 1.24. The van der Waals surface area contributed by atoms with E-state index in [1.54, 1.807) is 32.9 Å². The van der Waals surface area contributed by atoms with Gasteiger partial charge >= 0.3 is 5.97 Å². The van der Waals surface area contributed by atoms with Crippen molar-refractivity contribution in [2.75, 3.05) is 10.6 Å². The lowest BCUT2D eigenvalue weighted by atomic mass is 10.0. The Balaban J connectivity index is 2.29. The third-order valence-electron chi connectivity index (χ3n) is 4.07. The summed E-state index contributed by atoms with van der Waals surface area (Å²) in [7, 11) is -3.38. The van der Waals surface area contributed by atoms with Gasteiger partial charge in [0.1, 0.15) is 6.04 Å². The molecule has 0 aliphatic carbocycles. The maximum Gasteiger partial charge on any atom is 0.326 e. The van der Waals surface area contributed by atoms with Crippen LogP contribution in [-0.2, 0) is 21.2 Å². The lowest BCUT2D eigenvalue weighted by Gasteiger charge is -2.22. The molecule has 2 atom stereocenters. The number of nitrogens with zero attached hydrogens (tertiary/aromatic N) is 1. The number of carbonyl (C=O) groups is 2. The molecule has 0 aromatic heterocycles. The van der Waals surface area contributed by atoms with E-state index in [0.717, 1.165) is 11.8 Å². The van der Waals surface area contributed by atoms with Gasteiger partial charge in [-0.2, -0.15) is 0 Å². The number of sulfonamides is 1. The predicted molar refractivity (Wildman–Crippen MR) is 90.7 cm³/mol. The summed E-state index contributed by atoms with van der Waals surface area (Å²) in [5.74, 6) is -1.82.